The maximum atomic E-state index is 8.74. The van der Waals surface area contributed by atoms with Crippen LogP contribution in [-0.4, -0.2) is 36.4 Å². The van der Waals surface area contributed by atoms with Gasteiger partial charge in [0.15, 0.2) is 0 Å². The molecule has 0 aromatic carbocycles. The van der Waals surface area contributed by atoms with E-state index in [-0.39, 0.29) is 26.6 Å². The zero-order chi connectivity index (χ0) is 3.58. The van der Waals surface area contributed by atoms with Crippen molar-refractivity contribution < 1.29 is 14.4 Å². The molecule has 3 nitrogen and oxygen atoms in total. The molecule has 0 saturated heterocycles. The Bertz CT molecular complexity index is 29.9. The summed E-state index contributed by atoms with van der Waals surface area (Å²) in [6, 6.07) is 0. The standard InChI is InChI=1S/H3O3P.Po.H/c1-4(2)3;;/h4H,(H2,1,2,3);;. The predicted molar refractivity (Wildman–Crippen MR) is 20.6 cm³/mol. The molecule has 0 aliphatic carbocycles. The normalized spacial score (nSPS) is 7.00. The molecule has 0 aliphatic heterocycles. The van der Waals surface area contributed by atoms with Crippen LogP contribution in [0.5, 0.6) is 0 Å². The Labute approximate surface area is 49.4 Å². The molecule has 0 heterocycles. The van der Waals surface area contributed by atoms with E-state index in [0.717, 1.165) is 0 Å². The first-order valence-corrected chi connectivity index (χ1v) is 1.95. The van der Waals surface area contributed by atoms with Gasteiger partial charge in [-0.25, -0.2) is 0 Å². The molecule has 0 saturated carbocycles. The summed E-state index contributed by atoms with van der Waals surface area (Å²) in [6.07, 6.45) is 0. The summed E-state index contributed by atoms with van der Waals surface area (Å²) in [7, 11) is -3.13. The van der Waals surface area contributed by atoms with Crippen LogP contribution >= 0.6 is 8.25 Å². The van der Waals surface area contributed by atoms with Crippen molar-refractivity contribution in [2.75, 3.05) is 0 Å². The SMILES string of the molecule is O=[PH](O)O.[PoH]. The van der Waals surface area contributed by atoms with E-state index >= 15 is 0 Å². The third-order valence-electron chi connectivity index (χ3n) is 0. The van der Waals surface area contributed by atoms with E-state index in [0.29, 0.717) is 0 Å². The van der Waals surface area contributed by atoms with E-state index in [9.17, 15) is 0 Å². The summed E-state index contributed by atoms with van der Waals surface area (Å²) in [4.78, 5) is 14.3. The Kier molecular flexibility index (Phi) is 9.49. The van der Waals surface area contributed by atoms with Crippen molar-refractivity contribution in [2.45, 2.75) is 0 Å². The van der Waals surface area contributed by atoms with E-state index in [2.05, 4.69) is 0 Å². The van der Waals surface area contributed by atoms with Crippen molar-refractivity contribution in [2.24, 2.45) is 0 Å². The first kappa shape index (κ1) is 9.40. The fourth-order valence-corrected chi connectivity index (χ4v) is 0. The Morgan fingerprint density at radius 3 is 1.40 bits per heavy atom. The minimum absolute atomic E-state index is 0. The van der Waals surface area contributed by atoms with Crippen molar-refractivity contribution in [3.63, 3.8) is 0 Å². The van der Waals surface area contributed by atoms with Gasteiger partial charge in [-0.15, -0.1) is 0 Å². The second kappa shape index (κ2) is 5.05. The van der Waals surface area contributed by atoms with Crippen molar-refractivity contribution in [1.29, 1.82) is 0 Å². The number of hydrogen-bond acceptors (Lipinski definition) is 1. The van der Waals surface area contributed by atoms with Gasteiger partial charge in [-0.1, -0.05) is 0 Å². The first-order chi connectivity index (χ1) is 1.73. The van der Waals surface area contributed by atoms with E-state index in [1.165, 1.54) is 0 Å². The third kappa shape index (κ3) is 42.8. The van der Waals surface area contributed by atoms with Crippen LogP contribution in [0.3, 0.4) is 0 Å². The predicted octanol–water partition coefficient (Wildman–Crippen LogP) is -1.29. The van der Waals surface area contributed by atoms with Crippen LogP contribution in [0.1, 0.15) is 0 Å². The molecule has 0 aromatic rings. The van der Waals surface area contributed by atoms with Gasteiger partial charge in [0, 0.05) is 0 Å². The molecule has 0 bridgehead atoms. The number of rotatable bonds is 0. The van der Waals surface area contributed by atoms with E-state index in [1.807, 2.05) is 0 Å². The van der Waals surface area contributed by atoms with Crippen LogP contribution < -0.4 is 0 Å². The molecule has 33 valence electrons. The molecule has 5 heteroatoms. The van der Waals surface area contributed by atoms with Gasteiger partial charge >= 0.3 is 34.8 Å². The van der Waals surface area contributed by atoms with E-state index in [1.54, 1.807) is 0 Å². The van der Waals surface area contributed by atoms with Crippen LogP contribution in [0, 0.1) is 0 Å². The summed E-state index contributed by atoms with van der Waals surface area (Å²) in [5, 5.41) is 0. The molecule has 0 aliphatic rings. The van der Waals surface area contributed by atoms with Crippen LogP contribution in [0.15, 0.2) is 0 Å². The van der Waals surface area contributed by atoms with Gasteiger partial charge < -0.3 is 9.79 Å². The van der Waals surface area contributed by atoms with Gasteiger partial charge in [0.2, 0.25) is 0 Å². The van der Waals surface area contributed by atoms with Gasteiger partial charge in [0.05, 0.1) is 0 Å². The van der Waals surface area contributed by atoms with Gasteiger partial charge in [-0.2, -0.15) is 0 Å². The van der Waals surface area contributed by atoms with Crippen LogP contribution in [0.25, 0.3) is 0 Å². The molecule has 0 atom stereocenters. The Hall–Kier alpha value is 1.05. The van der Waals surface area contributed by atoms with Crippen molar-refractivity contribution >= 4 is 34.8 Å². The zero-order valence-corrected chi connectivity index (χ0v) is 6.73. The minimum atomic E-state index is -3.13. The fourth-order valence-electron chi connectivity index (χ4n) is 0. The van der Waals surface area contributed by atoms with Crippen LogP contribution in [0.2, 0.25) is 0 Å². The Balaban J connectivity index is 0. The molecule has 5 heavy (non-hydrogen) atoms. The van der Waals surface area contributed by atoms with Crippen molar-refractivity contribution in [3.8, 4) is 0 Å². The van der Waals surface area contributed by atoms with Crippen molar-refractivity contribution in [1.82, 2.24) is 0 Å². The quantitative estimate of drug-likeness (QED) is 0.546. The van der Waals surface area contributed by atoms with Gasteiger partial charge in [0.25, 0.3) is 0 Å². The molecule has 0 spiro atoms. The van der Waals surface area contributed by atoms with Gasteiger partial charge in [-0.05, 0) is 0 Å². The molecule has 1 radical (unpaired) electrons. The Morgan fingerprint density at radius 2 is 1.40 bits per heavy atom. The summed E-state index contributed by atoms with van der Waals surface area (Å²) in [5.41, 5.74) is 0. The maximum absolute atomic E-state index is 8.74. The van der Waals surface area contributed by atoms with Crippen LogP contribution in [-0.2, 0) is 4.57 Å². The van der Waals surface area contributed by atoms with Crippen molar-refractivity contribution in [3.05, 3.63) is 0 Å². The molecule has 0 unspecified atom stereocenters. The monoisotopic (exact) mass is 292 g/mol. The molecular formula is H4O3PPo. The van der Waals surface area contributed by atoms with E-state index in [4.69, 9.17) is 14.4 Å². The molecule has 0 amide bonds. The molecular weight excluding hydrogens is 288 g/mol. The fraction of sp³-hybridized carbons (Fsp3) is 0. The summed E-state index contributed by atoms with van der Waals surface area (Å²) in [5.74, 6) is 0. The van der Waals surface area contributed by atoms with Crippen LogP contribution in [0.4, 0.5) is 0 Å². The topological polar surface area (TPSA) is 57.5 Å². The third-order valence-corrected chi connectivity index (χ3v) is 0. The summed E-state index contributed by atoms with van der Waals surface area (Å²) in [6.45, 7) is 0. The molecule has 2 N–H and O–H groups in total. The second-order valence-electron chi connectivity index (χ2n) is 0.283. The molecule has 0 aromatic heterocycles. The first-order valence-electron chi connectivity index (χ1n) is 0.651. The molecule has 0 fully saturated rings. The van der Waals surface area contributed by atoms with Gasteiger partial charge in [-0.3, -0.25) is 4.57 Å². The average Bonchev–Trinajstić information content (AvgIpc) is 0.811. The van der Waals surface area contributed by atoms with Gasteiger partial charge in [0.1, 0.15) is 0 Å². The second-order valence-corrected chi connectivity index (χ2v) is 0.848. The van der Waals surface area contributed by atoms with E-state index < -0.39 is 8.25 Å². The summed E-state index contributed by atoms with van der Waals surface area (Å²) < 4.78 is 8.74. The summed E-state index contributed by atoms with van der Waals surface area (Å²) >= 11 is 0. The number of hydrogen-bond donors (Lipinski definition) is 2. The zero-order valence-electron chi connectivity index (χ0n) is 2.25. The molecule has 0 rings (SSSR count). The average molecular weight is 292 g/mol. The Morgan fingerprint density at radius 1 is 1.40 bits per heavy atom.